The molecule has 0 radical (unpaired) electrons. The number of amides is 1. The molecule has 116 valence electrons. The van der Waals surface area contributed by atoms with Crippen LogP contribution in [-0.4, -0.2) is 58.1 Å². The molecule has 1 fully saturated rings. The Kier molecular flexibility index (Phi) is 9.77. The SMILES string of the molecule is C.CC(=O)N1C[C@H](O)CC1CN(C(C)C)C(C)C.S. The van der Waals surface area contributed by atoms with Gasteiger partial charge in [0.15, 0.2) is 0 Å². The van der Waals surface area contributed by atoms with E-state index in [1.54, 1.807) is 6.92 Å². The van der Waals surface area contributed by atoms with E-state index in [4.69, 9.17) is 0 Å². The maximum Gasteiger partial charge on any atom is 0.219 e. The fraction of sp³-hybridized carbons (Fsp3) is 0.929. The third-order valence-electron chi connectivity index (χ3n) is 3.54. The molecule has 0 bridgehead atoms. The largest absolute Gasteiger partial charge is 0.391 e. The maximum absolute atomic E-state index is 11.5. The zero-order valence-corrected chi connectivity index (χ0v) is 13.2. The van der Waals surface area contributed by atoms with Crippen molar-refractivity contribution < 1.29 is 9.90 Å². The van der Waals surface area contributed by atoms with E-state index in [2.05, 4.69) is 32.6 Å². The summed E-state index contributed by atoms with van der Waals surface area (Å²) in [6, 6.07) is 1.08. The van der Waals surface area contributed by atoms with Crippen LogP contribution in [0.15, 0.2) is 0 Å². The van der Waals surface area contributed by atoms with E-state index < -0.39 is 0 Å². The molecule has 0 spiro atoms. The van der Waals surface area contributed by atoms with Gasteiger partial charge in [0.1, 0.15) is 0 Å². The van der Waals surface area contributed by atoms with Crippen LogP contribution in [0.4, 0.5) is 0 Å². The molecular weight excluding hydrogens is 260 g/mol. The van der Waals surface area contributed by atoms with Gasteiger partial charge in [-0.25, -0.2) is 0 Å². The zero-order valence-electron chi connectivity index (χ0n) is 12.2. The van der Waals surface area contributed by atoms with Gasteiger partial charge in [0.2, 0.25) is 5.91 Å². The number of likely N-dealkylation sites (tertiary alicyclic amines) is 1. The van der Waals surface area contributed by atoms with Crippen LogP contribution in [0.25, 0.3) is 0 Å². The minimum Gasteiger partial charge on any atom is -0.391 e. The normalized spacial score (nSPS) is 22.7. The summed E-state index contributed by atoms with van der Waals surface area (Å²) in [6.45, 7) is 11.6. The van der Waals surface area contributed by atoms with Crippen molar-refractivity contribution in [2.45, 2.75) is 72.7 Å². The smallest absolute Gasteiger partial charge is 0.219 e. The lowest BCUT2D eigenvalue weighted by molar-refractivity contribution is -0.130. The van der Waals surface area contributed by atoms with Crippen LogP contribution < -0.4 is 0 Å². The number of hydrogen-bond acceptors (Lipinski definition) is 3. The molecular formula is C14H32N2O2S. The lowest BCUT2D eigenvalue weighted by Crippen LogP contribution is -2.47. The van der Waals surface area contributed by atoms with Crippen molar-refractivity contribution >= 4 is 19.4 Å². The summed E-state index contributed by atoms with van der Waals surface area (Å²) in [5.41, 5.74) is 0. The number of nitrogens with zero attached hydrogens (tertiary/aromatic N) is 2. The second-order valence-corrected chi connectivity index (χ2v) is 5.60. The number of β-amino-alcohol motifs (C(OH)–C–C–N with tert-alkyl or cyclic N) is 1. The molecule has 1 rings (SSSR count). The Hall–Kier alpha value is -0.260. The summed E-state index contributed by atoms with van der Waals surface area (Å²) in [5.74, 6) is 0.0685. The lowest BCUT2D eigenvalue weighted by atomic mass is 10.1. The van der Waals surface area contributed by atoms with Crippen LogP contribution in [0.1, 0.15) is 48.5 Å². The molecule has 1 heterocycles. The third-order valence-corrected chi connectivity index (χ3v) is 3.54. The van der Waals surface area contributed by atoms with Gasteiger partial charge in [-0.1, -0.05) is 7.43 Å². The topological polar surface area (TPSA) is 43.8 Å². The standard InChI is InChI=1S/C13H26N2O2.CH4.H2S/c1-9(2)14(10(3)4)7-12-6-13(17)8-15(12)11(5)16;;/h9-10,12-13,17H,6-8H2,1-5H3;1H4;1H2/t12?,13-;;/m1../s1. The molecule has 0 aromatic carbocycles. The Morgan fingerprint density at radius 3 is 2.16 bits per heavy atom. The number of carbonyl (C=O) groups is 1. The quantitative estimate of drug-likeness (QED) is 0.860. The predicted molar refractivity (Wildman–Crippen MR) is 85.9 cm³/mol. The first-order valence-corrected chi connectivity index (χ1v) is 6.54. The Balaban J connectivity index is 0. The van der Waals surface area contributed by atoms with E-state index in [0.717, 1.165) is 6.54 Å². The maximum atomic E-state index is 11.5. The Bertz CT molecular complexity index is 264. The van der Waals surface area contributed by atoms with Gasteiger partial charge in [0, 0.05) is 38.1 Å². The number of aliphatic hydroxyl groups is 1. The van der Waals surface area contributed by atoms with Crippen molar-refractivity contribution in [2.75, 3.05) is 13.1 Å². The second-order valence-electron chi connectivity index (χ2n) is 5.60. The first-order chi connectivity index (χ1) is 7.82. The summed E-state index contributed by atoms with van der Waals surface area (Å²) in [4.78, 5) is 15.7. The van der Waals surface area contributed by atoms with Crippen LogP contribution >= 0.6 is 13.5 Å². The molecule has 19 heavy (non-hydrogen) atoms. The average Bonchev–Trinajstić information content (AvgIpc) is 2.55. The predicted octanol–water partition coefficient (Wildman–Crippen LogP) is 1.84. The summed E-state index contributed by atoms with van der Waals surface area (Å²) >= 11 is 0. The zero-order chi connectivity index (χ0) is 13.2. The number of hydrogen-bond donors (Lipinski definition) is 1. The molecule has 0 saturated carbocycles. The van der Waals surface area contributed by atoms with Gasteiger partial charge in [-0.05, 0) is 34.1 Å². The van der Waals surface area contributed by atoms with Crippen molar-refractivity contribution in [1.82, 2.24) is 9.80 Å². The molecule has 0 aromatic rings. The van der Waals surface area contributed by atoms with E-state index in [0.29, 0.717) is 25.0 Å². The van der Waals surface area contributed by atoms with Gasteiger partial charge in [-0.2, -0.15) is 13.5 Å². The highest BCUT2D eigenvalue weighted by atomic mass is 32.1. The van der Waals surface area contributed by atoms with Gasteiger partial charge in [-0.3, -0.25) is 9.69 Å². The molecule has 1 amide bonds. The Labute approximate surface area is 125 Å². The molecule has 2 atom stereocenters. The molecule has 5 heteroatoms. The average molecular weight is 292 g/mol. The van der Waals surface area contributed by atoms with Crippen molar-refractivity contribution in [1.29, 1.82) is 0 Å². The van der Waals surface area contributed by atoms with Crippen molar-refractivity contribution in [3.05, 3.63) is 0 Å². The monoisotopic (exact) mass is 292 g/mol. The molecule has 0 aromatic heterocycles. The van der Waals surface area contributed by atoms with E-state index >= 15 is 0 Å². The van der Waals surface area contributed by atoms with Crippen molar-refractivity contribution in [3.63, 3.8) is 0 Å². The molecule has 1 N–H and O–H groups in total. The van der Waals surface area contributed by atoms with Gasteiger partial charge in [-0.15, -0.1) is 0 Å². The summed E-state index contributed by atoms with van der Waals surface area (Å²) in [6.07, 6.45) is 0.347. The van der Waals surface area contributed by atoms with E-state index in [1.807, 2.05) is 4.90 Å². The molecule has 1 unspecified atom stereocenters. The lowest BCUT2D eigenvalue weighted by Gasteiger charge is -2.35. The second kappa shape index (κ2) is 8.82. The van der Waals surface area contributed by atoms with Crippen LogP contribution in [0.2, 0.25) is 0 Å². The molecule has 4 nitrogen and oxygen atoms in total. The first-order valence-electron chi connectivity index (χ1n) is 6.54. The van der Waals surface area contributed by atoms with Crippen LogP contribution in [0.3, 0.4) is 0 Å². The number of rotatable bonds is 4. The first kappa shape index (κ1) is 21.0. The van der Waals surface area contributed by atoms with E-state index in [-0.39, 0.29) is 39.0 Å². The number of aliphatic hydroxyl groups excluding tert-OH is 1. The Morgan fingerprint density at radius 2 is 1.79 bits per heavy atom. The summed E-state index contributed by atoms with van der Waals surface area (Å²) in [5, 5.41) is 9.70. The summed E-state index contributed by atoms with van der Waals surface area (Å²) in [7, 11) is 0. The Morgan fingerprint density at radius 1 is 1.32 bits per heavy atom. The van der Waals surface area contributed by atoms with E-state index in [1.165, 1.54) is 0 Å². The fourth-order valence-electron chi connectivity index (χ4n) is 2.71. The molecule has 1 saturated heterocycles. The van der Waals surface area contributed by atoms with Crippen LogP contribution in [-0.2, 0) is 4.79 Å². The molecule has 0 aliphatic carbocycles. The highest BCUT2D eigenvalue weighted by molar-refractivity contribution is 7.59. The minimum absolute atomic E-state index is 0. The van der Waals surface area contributed by atoms with Gasteiger partial charge in [0.25, 0.3) is 0 Å². The van der Waals surface area contributed by atoms with E-state index in [9.17, 15) is 9.90 Å². The van der Waals surface area contributed by atoms with Crippen molar-refractivity contribution in [2.24, 2.45) is 0 Å². The minimum atomic E-state index is -0.356. The summed E-state index contributed by atoms with van der Waals surface area (Å²) < 4.78 is 0. The highest BCUT2D eigenvalue weighted by Crippen LogP contribution is 2.20. The third kappa shape index (κ3) is 5.71. The van der Waals surface area contributed by atoms with Gasteiger partial charge < -0.3 is 10.0 Å². The van der Waals surface area contributed by atoms with Crippen molar-refractivity contribution in [3.8, 4) is 0 Å². The molecule has 1 aliphatic rings. The highest BCUT2D eigenvalue weighted by Gasteiger charge is 2.34. The van der Waals surface area contributed by atoms with Crippen LogP contribution in [0, 0.1) is 0 Å². The molecule has 1 aliphatic heterocycles. The van der Waals surface area contributed by atoms with Gasteiger partial charge >= 0.3 is 0 Å². The fourth-order valence-corrected chi connectivity index (χ4v) is 2.71. The number of carbonyl (C=O) groups excluding carboxylic acids is 1. The van der Waals surface area contributed by atoms with Gasteiger partial charge in [0.05, 0.1) is 6.10 Å². The van der Waals surface area contributed by atoms with Crippen LogP contribution in [0.5, 0.6) is 0 Å².